The van der Waals surface area contributed by atoms with Crippen LogP contribution in [0, 0.1) is 0 Å². The molecule has 0 bridgehead atoms. The van der Waals surface area contributed by atoms with Crippen LogP contribution in [-0.2, 0) is 0 Å². The molecule has 4 nitrogen and oxygen atoms in total. The summed E-state index contributed by atoms with van der Waals surface area (Å²) in [6, 6.07) is 4.83. The Bertz CT molecular complexity index is 402. The molecule has 0 aliphatic carbocycles. The SMILES string of the molecule is CCN(C(=O)c1ccc(OC)c(O)c1)C(C)C. The van der Waals surface area contributed by atoms with Gasteiger partial charge in [0.2, 0.25) is 0 Å². The van der Waals surface area contributed by atoms with E-state index < -0.39 is 0 Å². The van der Waals surface area contributed by atoms with Gasteiger partial charge in [-0.15, -0.1) is 0 Å². The topological polar surface area (TPSA) is 49.8 Å². The summed E-state index contributed by atoms with van der Waals surface area (Å²) in [5.41, 5.74) is 0.471. The Hall–Kier alpha value is -1.71. The summed E-state index contributed by atoms with van der Waals surface area (Å²) in [4.78, 5) is 13.9. The van der Waals surface area contributed by atoms with Gasteiger partial charge in [-0.25, -0.2) is 0 Å². The molecule has 0 saturated carbocycles. The van der Waals surface area contributed by atoms with Gasteiger partial charge in [0.15, 0.2) is 11.5 Å². The van der Waals surface area contributed by atoms with Gasteiger partial charge in [0.05, 0.1) is 7.11 Å². The highest BCUT2D eigenvalue weighted by atomic mass is 16.5. The van der Waals surface area contributed by atoms with Gasteiger partial charge in [-0.2, -0.15) is 0 Å². The zero-order valence-electron chi connectivity index (χ0n) is 10.7. The lowest BCUT2D eigenvalue weighted by molar-refractivity contribution is 0.0716. The second-order valence-electron chi connectivity index (χ2n) is 4.07. The molecule has 1 aromatic rings. The van der Waals surface area contributed by atoms with E-state index >= 15 is 0 Å². The van der Waals surface area contributed by atoms with Crippen LogP contribution in [0.1, 0.15) is 31.1 Å². The molecule has 1 rings (SSSR count). The van der Waals surface area contributed by atoms with Crippen LogP contribution < -0.4 is 4.74 Å². The van der Waals surface area contributed by atoms with Crippen molar-refractivity contribution in [2.75, 3.05) is 13.7 Å². The molecule has 0 atom stereocenters. The number of phenols is 1. The highest BCUT2D eigenvalue weighted by Gasteiger charge is 2.18. The molecule has 4 heteroatoms. The van der Waals surface area contributed by atoms with E-state index in [1.807, 2.05) is 20.8 Å². The highest BCUT2D eigenvalue weighted by molar-refractivity contribution is 5.95. The average molecular weight is 237 g/mol. The fourth-order valence-corrected chi connectivity index (χ4v) is 1.73. The average Bonchev–Trinajstić information content (AvgIpc) is 2.29. The van der Waals surface area contributed by atoms with Crippen molar-refractivity contribution in [1.82, 2.24) is 4.90 Å². The number of phenolic OH excluding ortho intramolecular Hbond substituents is 1. The molecule has 0 aliphatic heterocycles. The molecular weight excluding hydrogens is 218 g/mol. The summed E-state index contributed by atoms with van der Waals surface area (Å²) >= 11 is 0. The fraction of sp³-hybridized carbons (Fsp3) is 0.462. The number of ether oxygens (including phenoxy) is 1. The maximum Gasteiger partial charge on any atom is 0.254 e. The summed E-state index contributed by atoms with van der Waals surface area (Å²) in [5, 5.41) is 9.64. The lowest BCUT2D eigenvalue weighted by Gasteiger charge is -2.25. The summed E-state index contributed by atoms with van der Waals surface area (Å²) in [6.07, 6.45) is 0. The van der Waals surface area contributed by atoms with Gasteiger partial charge >= 0.3 is 0 Å². The van der Waals surface area contributed by atoms with Crippen molar-refractivity contribution in [3.63, 3.8) is 0 Å². The Morgan fingerprint density at radius 1 is 1.47 bits per heavy atom. The van der Waals surface area contributed by atoms with E-state index in [9.17, 15) is 9.90 Å². The molecule has 1 N–H and O–H groups in total. The van der Waals surface area contributed by atoms with E-state index in [4.69, 9.17) is 4.74 Å². The molecule has 0 saturated heterocycles. The van der Waals surface area contributed by atoms with Gasteiger partial charge in [-0.3, -0.25) is 4.79 Å². The molecule has 0 fully saturated rings. The fourth-order valence-electron chi connectivity index (χ4n) is 1.73. The summed E-state index contributed by atoms with van der Waals surface area (Å²) in [6.45, 7) is 6.50. The quantitative estimate of drug-likeness (QED) is 0.874. The maximum atomic E-state index is 12.1. The second-order valence-corrected chi connectivity index (χ2v) is 4.07. The van der Waals surface area contributed by atoms with E-state index in [-0.39, 0.29) is 17.7 Å². The normalized spacial score (nSPS) is 10.4. The Balaban J connectivity index is 3.00. The van der Waals surface area contributed by atoms with E-state index in [0.717, 1.165) is 0 Å². The third-order valence-electron chi connectivity index (χ3n) is 2.65. The molecular formula is C13H19NO3. The first-order valence-electron chi connectivity index (χ1n) is 5.69. The minimum absolute atomic E-state index is 0.0156. The molecule has 0 aliphatic rings. The van der Waals surface area contributed by atoms with E-state index in [1.54, 1.807) is 17.0 Å². The third kappa shape index (κ3) is 2.90. The van der Waals surface area contributed by atoms with Crippen LogP contribution in [-0.4, -0.2) is 35.6 Å². The number of aromatic hydroxyl groups is 1. The van der Waals surface area contributed by atoms with Crippen molar-refractivity contribution in [2.45, 2.75) is 26.8 Å². The van der Waals surface area contributed by atoms with Gasteiger partial charge in [0.1, 0.15) is 0 Å². The smallest absolute Gasteiger partial charge is 0.254 e. The lowest BCUT2D eigenvalue weighted by Crippen LogP contribution is -2.36. The lowest BCUT2D eigenvalue weighted by atomic mass is 10.1. The number of hydrogen-bond acceptors (Lipinski definition) is 3. The van der Waals surface area contributed by atoms with Gasteiger partial charge in [-0.05, 0) is 39.0 Å². The minimum Gasteiger partial charge on any atom is -0.504 e. The predicted molar refractivity (Wildman–Crippen MR) is 66.5 cm³/mol. The molecule has 0 unspecified atom stereocenters. The summed E-state index contributed by atoms with van der Waals surface area (Å²) in [7, 11) is 1.48. The Morgan fingerprint density at radius 2 is 2.12 bits per heavy atom. The number of methoxy groups -OCH3 is 1. The molecule has 1 aromatic carbocycles. The van der Waals surface area contributed by atoms with E-state index in [2.05, 4.69) is 0 Å². The van der Waals surface area contributed by atoms with Crippen molar-refractivity contribution in [3.05, 3.63) is 23.8 Å². The van der Waals surface area contributed by atoms with Crippen LogP contribution in [0.3, 0.4) is 0 Å². The summed E-state index contributed by atoms with van der Waals surface area (Å²) < 4.78 is 4.94. The minimum atomic E-state index is -0.0829. The van der Waals surface area contributed by atoms with Crippen LogP contribution in [0.25, 0.3) is 0 Å². The van der Waals surface area contributed by atoms with Crippen LogP contribution >= 0.6 is 0 Å². The highest BCUT2D eigenvalue weighted by Crippen LogP contribution is 2.26. The zero-order chi connectivity index (χ0) is 13.0. The predicted octanol–water partition coefficient (Wildman–Crippen LogP) is 2.27. The monoisotopic (exact) mass is 237 g/mol. The van der Waals surface area contributed by atoms with Crippen molar-refractivity contribution in [2.24, 2.45) is 0 Å². The summed E-state index contributed by atoms with van der Waals surface area (Å²) in [5.74, 6) is 0.271. The number of benzene rings is 1. The standard InChI is InChI=1S/C13H19NO3/c1-5-14(9(2)3)13(16)10-6-7-12(17-4)11(15)8-10/h6-9,15H,5H2,1-4H3. The first-order valence-corrected chi connectivity index (χ1v) is 5.69. The Kier molecular flexibility index (Phi) is 4.37. The van der Waals surface area contributed by atoms with Gasteiger partial charge < -0.3 is 14.7 Å². The molecule has 0 aromatic heterocycles. The van der Waals surface area contributed by atoms with Crippen molar-refractivity contribution < 1.29 is 14.6 Å². The van der Waals surface area contributed by atoms with Crippen molar-refractivity contribution in [3.8, 4) is 11.5 Å². The first-order chi connectivity index (χ1) is 8.01. The Morgan fingerprint density at radius 3 is 2.53 bits per heavy atom. The Labute approximate surface area is 102 Å². The number of rotatable bonds is 4. The number of amides is 1. The number of hydrogen-bond donors (Lipinski definition) is 1. The van der Waals surface area contributed by atoms with Crippen LogP contribution in [0.2, 0.25) is 0 Å². The third-order valence-corrected chi connectivity index (χ3v) is 2.65. The van der Waals surface area contributed by atoms with Crippen LogP contribution in [0.5, 0.6) is 11.5 Å². The number of carbonyl (C=O) groups is 1. The molecule has 1 amide bonds. The molecule has 0 spiro atoms. The number of carbonyl (C=O) groups excluding carboxylic acids is 1. The molecule has 0 radical (unpaired) electrons. The van der Waals surface area contributed by atoms with Crippen molar-refractivity contribution >= 4 is 5.91 Å². The first kappa shape index (κ1) is 13.4. The molecule has 94 valence electrons. The van der Waals surface area contributed by atoms with Gasteiger partial charge in [-0.1, -0.05) is 0 Å². The molecule has 17 heavy (non-hydrogen) atoms. The van der Waals surface area contributed by atoms with Gasteiger partial charge in [0, 0.05) is 18.2 Å². The zero-order valence-corrected chi connectivity index (χ0v) is 10.7. The van der Waals surface area contributed by atoms with E-state index in [1.165, 1.54) is 13.2 Å². The van der Waals surface area contributed by atoms with Crippen LogP contribution in [0.4, 0.5) is 0 Å². The van der Waals surface area contributed by atoms with Crippen molar-refractivity contribution in [1.29, 1.82) is 0 Å². The van der Waals surface area contributed by atoms with E-state index in [0.29, 0.717) is 17.9 Å². The van der Waals surface area contributed by atoms with Crippen LogP contribution in [0.15, 0.2) is 18.2 Å². The number of nitrogens with zero attached hydrogens (tertiary/aromatic N) is 1. The molecule has 0 heterocycles. The van der Waals surface area contributed by atoms with Gasteiger partial charge in [0.25, 0.3) is 5.91 Å². The maximum absolute atomic E-state index is 12.1. The largest absolute Gasteiger partial charge is 0.504 e. The second kappa shape index (κ2) is 5.57.